The fraction of sp³-hybridized carbons (Fsp3) is 0.389. The quantitative estimate of drug-likeness (QED) is 0.165. The van der Waals surface area contributed by atoms with Crippen LogP contribution in [0, 0.1) is 0 Å². The summed E-state index contributed by atoms with van der Waals surface area (Å²) in [4.78, 5) is 68.2. The minimum Gasteiger partial charge on any atom is -0.436 e. The maximum absolute atomic E-state index is 13.1. The fourth-order valence-electron chi connectivity index (χ4n) is 6.89. The minimum absolute atomic E-state index is 0.235. The number of imidazole rings is 2. The molecule has 2 aliphatic rings. The summed E-state index contributed by atoms with van der Waals surface area (Å²) in [5.41, 5.74) is 16.0. The van der Waals surface area contributed by atoms with Gasteiger partial charge < -0.3 is 40.7 Å². The molecular weight excluding hydrogens is 640 g/mol. The molecule has 2 aromatic heterocycles. The number of nitrogens with one attached hydrogen (secondary N) is 2. The van der Waals surface area contributed by atoms with Crippen LogP contribution in [0.25, 0.3) is 33.6 Å². The van der Waals surface area contributed by atoms with Crippen molar-refractivity contribution in [2.75, 3.05) is 13.1 Å². The van der Waals surface area contributed by atoms with E-state index in [1.165, 1.54) is 0 Å². The zero-order valence-electron chi connectivity index (χ0n) is 28.1. The Morgan fingerprint density at radius 2 is 1.04 bits per heavy atom. The van der Waals surface area contributed by atoms with Crippen LogP contribution in [0.3, 0.4) is 0 Å². The first-order valence-corrected chi connectivity index (χ1v) is 17.0. The molecule has 2 aliphatic heterocycles. The lowest BCUT2D eigenvalue weighted by atomic mass is 10.0. The van der Waals surface area contributed by atoms with Gasteiger partial charge in [0, 0.05) is 13.1 Å². The Morgan fingerprint density at radius 3 is 1.38 bits per heavy atom. The van der Waals surface area contributed by atoms with Gasteiger partial charge >= 0.3 is 12.2 Å². The molecule has 0 bridgehead atoms. The molecule has 4 heterocycles. The molecule has 2 saturated heterocycles. The number of carbonyl (C=O) groups excluding carboxylic acids is 4. The van der Waals surface area contributed by atoms with E-state index in [9.17, 15) is 19.2 Å². The van der Waals surface area contributed by atoms with Crippen LogP contribution in [0.2, 0.25) is 0 Å². The number of primary amides is 2. The van der Waals surface area contributed by atoms with E-state index in [-0.39, 0.29) is 23.9 Å². The van der Waals surface area contributed by atoms with Gasteiger partial charge in [-0.05, 0) is 60.8 Å². The normalized spacial score (nSPS) is 18.5. The maximum Gasteiger partial charge on any atom is 0.405 e. The maximum atomic E-state index is 13.1. The van der Waals surface area contributed by atoms with Gasteiger partial charge in [-0.25, -0.2) is 19.6 Å². The first-order chi connectivity index (χ1) is 24.2. The minimum atomic E-state index is -0.962. The number of rotatable bonds is 11. The lowest BCUT2D eigenvalue weighted by Gasteiger charge is -2.26. The molecule has 262 valence electrons. The summed E-state index contributed by atoms with van der Waals surface area (Å²) in [5.74, 6) is 0.856. The van der Waals surface area contributed by atoms with Crippen molar-refractivity contribution in [2.24, 2.45) is 11.5 Å². The molecular formula is C36H42N8O6. The molecule has 0 spiro atoms. The van der Waals surface area contributed by atoms with Crippen molar-refractivity contribution in [3.63, 3.8) is 0 Å². The van der Waals surface area contributed by atoms with E-state index in [0.717, 1.165) is 59.3 Å². The molecule has 4 aromatic rings. The van der Waals surface area contributed by atoms with Gasteiger partial charge in [-0.3, -0.25) is 9.59 Å². The number of hydrogen-bond donors (Lipinski definition) is 4. The standard InChI is InChI=1S/C36H42N8O6/c1-3-29(49-35(37)47)33(45)43-17-5-7-27(43)31-39-19-25(41-31)23-13-9-21(10-14-23)22-11-15-24(16-12-22)26-20-40-32(42-26)28-8-6-18-44(28)34(46)30(4-2)50-36(38)48/h9-16,19-20,27-30H,3-8,17-18H2,1-2H3,(H2,37,47)(H2,38,48)(H,39,41)(H,40,42)/t27-,28-,29-,30-/m0/s1. The van der Waals surface area contributed by atoms with Crippen LogP contribution >= 0.6 is 0 Å². The van der Waals surface area contributed by atoms with Gasteiger partial charge in [0.05, 0.1) is 35.9 Å². The molecule has 2 aromatic carbocycles. The summed E-state index contributed by atoms with van der Waals surface area (Å²) in [6.45, 7) is 4.67. The molecule has 0 unspecified atom stereocenters. The Morgan fingerprint density at radius 1 is 0.680 bits per heavy atom. The third kappa shape index (κ3) is 7.19. The number of amides is 4. The van der Waals surface area contributed by atoms with Crippen molar-refractivity contribution in [3.05, 3.63) is 72.6 Å². The van der Waals surface area contributed by atoms with E-state index in [0.29, 0.717) is 37.6 Å². The zero-order valence-corrected chi connectivity index (χ0v) is 28.1. The van der Waals surface area contributed by atoms with E-state index >= 15 is 0 Å². The third-order valence-electron chi connectivity index (χ3n) is 9.43. The van der Waals surface area contributed by atoms with Crippen LogP contribution in [0.1, 0.15) is 76.1 Å². The second-order valence-electron chi connectivity index (χ2n) is 12.6. The van der Waals surface area contributed by atoms with Crippen molar-refractivity contribution in [1.29, 1.82) is 0 Å². The Kier molecular flexibility index (Phi) is 10.2. The van der Waals surface area contributed by atoms with Crippen LogP contribution in [-0.4, -0.2) is 79.0 Å². The van der Waals surface area contributed by atoms with Crippen molar-refractivity contribution in [3.8, 4) is 33.6 Å². The molecule has 0 aliphatic carbocycles. The smallest absolute Gasteiger partial charge is 0.405 e. The molecule has 6 rings (SSSR count). The Labute approximate surface area is 289 Å². The van der Waals surface area contributed by atoms with E-state index in [1.54, 1.807) is 36.0 Å². The second-order valence-corrected chi connectivity index (χ2v) is 12.6. The zero-order chi connectivity index (χ0) is 35.4. The number of aromatic amines is 2. The predicted octanol–water partition coefficient (Wildman–Crippen LogP) is 5.21. The van der Waals surface area contributed by atoms with Crippen LogP contribution in [0.15, 0.2) is 60.9 Å². The average molecular weight is 683 g/mol. The number of nitrogens with zero attached hydrogens (tertiary/aromatic N) is 4. The molecule has 14 heteroatoms. The van der Waals surface area contributed by atoms with Gasteiger partial charge in [0.15, 0.2) is 12.2 Å². The Balaban J connectivity index is 1.11. The molecule has 4 amide bonds. The Bertz CT molecular complexity index is 1700. The van der Waals surface area contributed by atoms with Crippen LogP contribution in [-0.2, 0) is 19.1 Å². The van der Waals surface area contributed by atoms with Crippen LogP contribution < -0.4 is 11.5 Å². The number of H-pyrrole nitrogens is 2. The first-order valence-electron chi connectivity index (χ1n) is 17.0. The first kappa shape index (κ1) is 34.2. The molecule has 2 fully saturated rings. The SMILES string of the molecule is CC[C@H](OC(N)=O)C(=O)N1CCC[C@H]1c1ncc(-c2ccc(-c3ccc(-c4cnc([C@@H]5CCCN5C(=O)[C@H](CC)OC(N)=O)[nH]4)cc3)cc2)[nH]1. The van der Waals surface area contributed by atoms with Gasteiger partial charge in [-0.2, -0.15) is 0 Å². The molecule has 6 N–H and O–H groups in total. The molecule has 14 nitrogen and oxygen atoms in total. The van der Waals surface area contributed by atoms with Crippen molar-refractivity contribution >= 4 is 24.0 Å². The van der Waals surface area contributed by atoms with E-state index in [1.807, 2.05) is 24.3 Å². The average Bonchev–Trinajstić information content (AvgIpc) is 3.95. The number of likely N-dealkylation sites (tertiary alicyclic amines) is 2. The number of carbonyl (C=O) groups is 4. The fourth-order valence-corrected chi connectivity index (χ4v) is 6.89. The lowest BCUT2D eigenvalue weighted by molar-refractivity contribution is -0.142. The molecule has 50 heavy (non-hydrogen) atoms. The van der Waals surface area contributed by atoms with Crippen molar-refractivity contribution in [2.45, 2.75) is 76.7 Å². The predicted molar refractivity (Wildman–Crippen MR) is 184 cm³/mol. The van der Waals surface area contributed by atoms with Gasteiger partial charge in [0.2, 0.25) is 0 Å². The van der Waals surface area contributed by atoms with Gasteiger partial charge in [-0.15, -0.1) is 0 Å². The van der Waals surface area contributed by atoms with E-state index in [4.69, 9.17) is 20.9 Å². The van der Waals surface area contributed by atoms with E-state index in [2.05, 4.69) is 44.2 Å². The second kappa shape index (κ2) is 14.8. The number of aromatic nitrogens is 4. The largest absolute Gasteiger partial charge is 0.436 e. The summed E-state index contributed by atoms with van der Waals surface area (Å²) >= 11 is 0. The highest BCUT2D eigenvalue weighted by Crippen LogP contribution is 2.35. The van der Waals surface area contributed by atoms with Crippen molar-refractivity contribution < 1.29 is 28.7 Å². The number of benzene rings is 2. The number of nitrogens with two attached hydrogens (primary N) is 2. The highest BCUT2D eigenvalue weighted by Gasteiger charge is 2.37. The van der Waals surface area contributed by atoms with Crippen molar-refractivity contribution in [1.82, 2.24) is 29.7 Å². The Hall–Kier alpha value is -5.66. The summed E-state index contributed by atoms with van der Waals surface area (Å²) < 4.78 is 10.1. The van der Waals surface area contributed by atoms with Gasteiger partial charge in [0.25, 0.3) is 11.8 Å². The summed E-state index contributed by atoms with van der Waals surface area (Å²) in [6.07, 6.45) is 3.64. The van der Waals surface area contributed by atoms with E-state index < -0.39 is 24.4 Å². The topological polar surface area (TPSA) is 203 Å². The monoisotopic (exact) mass is 682 g/mol. The lowest BCUT2D eigenvalue weighted by Crippen LogP contribution is -2.41. The highest BCUT2D eigenvalue weighted by atomic mass is 16.6. The molecule has 0 radical (unpaired) electrons. The third-order valence-corrected chi connectivity index (χ3v) is 9.43. The number of hydrogen-bond acceptors (Lipinski definition) is 8. The summed E-state index contributed by atoms with van der Waals surface area (Å²) in [5, 5.41) is 0. The number of ether oxygens (including phenoxy) is 2. The molecule has 4 atom stereocenters. The van der Waals surface area contributed by atoms with Crippen LogP contribution in [0.4, 0.5) is 9.59 Å². The van der Waals surface area contributed by atoms with Gasteiger partial charge in [0.1, 0.15) is 11.6 Å². The summed E-state index contributed by atoms with van der Waals surface area (Å²) in [7, 11) is 0. The summed E-state index contributed by atoms with van der Waals surface area (Å²) in [6, 6.07) is 15.8. The highest BCUT2D eigenvalue weighted by molar-refractivity contribution is 5.84. The van der Waals surface area contributed by atoms with Crippen LogP contribution in [0.5, 0.6) is 0 Å². The van der Waals surface area contributed by atoms with Gasteiger partial charge in [-0.1, -0.05) is 62.4 Å². The molecule has 0 saturated carbocycles.